The molecule has 4 aliphatic rings. The van der Waals surface area contributed by atoms with Crippen LogP contribution in [0.25, 0.3) is 6.08 Å². The molecule has 2 amide bonds. The first-order valence-corrected chi connectivity index (χ1v) is 13.0. The molecule has 3 aromatic carbocycles. The van der Waals surface area contributed by atoms with Gasteiger partial charge < -0.3 is 19.1 Å². The van der Waals surface area contributed by atoms with Crippen molar-refractivity contribution < 1.29 is 28.6 Å². The Morgan fingerprint density at radius 1 is 0.974 bits per heavy atom. The Balaban J connectivity index is 1.35. The second-order valence-electron chi connectivity index (χ2n) is 9.58. The molecule has 0 unspecified atom stereocenters. The Morgan fingerprint density at radius 2 is 1.76 bits per heavy atom. The van der Waals surface area contributed by atoms with E-state index >= 15 is 0 Å². The Bertz CT molecular complexity index is 1570. The zero-order valence-corrected chi connectivity index (χ0v) is 21.8. The number of nitrogens with zero attached hydrogens (tertiary/aromatic N) is 2. The van der Waals surface area contributed by atoms with Crippen LogP contribution in [0.3, 0.4) is 0 Å². The van der Waals surface area contributed by atoms with Crippen molar-refractivity contribution in [3.05, 3.63) is 82.3 Å². The number of para-hydroxylation sites is 1. The number of halogens is 1. The van der Waals surface area contributed by atoms with E-state index in [1.54, 1.807) is 43.5 Å². The van der Waals surface area contributed by atoms with Crippen LogP contribution in [0.5, 0.6) is 17.2 Å². The molecule has 4 atom stereocenters. The zero-order chi connectivity index (χ0) is 26.1. The fourth-order valence-corrected chi connectivity index (χ4v) is 6.62. The summed E-state index contributed by atoms with van der Waals surface area (Å²) in [6, 6.07) is 16.5. The van der Waals surface area contributed by atoms with Gasteiger partial charge in [0.2, 0.25) is 18.6 Å². The van der Waals surface area contributed by atoms with Gasteiger partial charge in [0.05, 0.1) is 35.1 Å². The Morgan fingerprint density at radius 3 is 2.58 bits per heavy atom. The van der Waals surface area contributed by atoms with Crippen LogP contribution in [0.4, 0.5) is 11.4 Å². The minimum atomic E-state index is -0.869. The lowest BCUT2D eigenvalue weighted by molar-refractivity contribution is -0.122. The van der Waals surface area contributed by atoms with E-state index in [0.717, 1.165) is 11.3 Å². The summed E-state index contributed by atoms with van der Waals surface area (Å²) in [5.41, 5.74) is 2.60. The van der Waals surface area contributed by atoms with Crippen LogP contribution in [0.1, 0.15) is 15.9 Å². The van der Waals surface area contributed by atoms with Crippen molar-refractivity contribution in [1.82, 2.24) is 0 Å². The topological polar surface area (TPSA) is 85.4 Å². The molecule has 8 nitrogen and oxygen atoms in total. The number of carbonyl (C=O) groups is 3. The molecule has 4 aliphatic heterocycles. The molecule has 38 heavy (non-hydrogen) atoms. The number of amides is 2. The SMILES string of the molecule is COc1ccc(C(=O)[C@@H]2[C@@H]3C(=O)N(c4ccc5c(c4)OCO5)C(=O)[C@@H]3[C@H]3C=Cc4ccccc4N32)cc1Br. The molecule has 4 heterocycles. The second-order valence-corrected chi connectivity index (χ2v) is 10.4. The molecule has 7 rings (SSSR count). The van der Waals surface area contributed by atoms with E-state index in [1.165, 1.54) is 4.90 Å². The van der Waals surface area contributed by atoms with E-state index < -0.39 is 29.8 Å². The van der Waals surface area contributed by atoms with Gasteiger partial charge in [0, 0.05) is 17.3 Å². The van der Waals surface area contributed by atoms with Crippen molar-refractivity contribution in [3.63, 3.8) is 0 Å². The Kier molecular flexibility index (Phi) is 5.13. The summed E-state index contributed by atoms with van der Waals surface area (Å²) < 4.78 is 16.8. The summed E-state index contributed by atoms with van der Waals surface area (Å²) >= 11 is 3.47. The largest absolute Gasteiger partial charge is 0.496 e. The van der Waals surface area contributed by atoms with Crippen LogP contribution in [0.2, 0.25) is 0 Å². The van der Waals surface area contributed by atoms with E-state index in [-0.39, 0.29) is 18.5 Å². The molecular weight excluding hydrogens is 552 g/mol. The maximum absolute atomic E-state index is 14.2. The Hall–Kier alpha value is -4.11. The minimum absolute atomic E-state index is 0.0845. The van der Waals surface area contributed by atoms with E-state index in [4.69, 9.17) is 14.2 Å². The van der Waals surface area contributed by atoms with Gasteiger partial charge in [-0.2, -0.15) is 0 Å². The lowest BCUT2D eigenvalue weighted by Gasteiger charge is -2.36. The molecule has 0 radical (unpaired) electrons. The van der Waals surface area contributed by atoms with Crippen LogP contribution in [0, 0.1) is 11.8 Å². The number of fused-ring (bicyclic) bond motifs is 6. The molecular formula is C29H21BrN2O6. The number of benzene rings is 3. The highest BCUT2D eigenvalue weighted by Gasteiger charge is 2.64. The minimum Gasteiger partial charge on any atom is -0.496 e. The second kappa shape index (κ2) is 8.46. The molecule has 2 fully saturated rings. The fourth-order valence-electron chi connectivity index (χ4n) is 6.08. The third kappa shape index (κ3) is 3.18. The lowest BCUT2D eigenvalue weighted by Crippen LogP contribution is -2.48. The first-order chi connectivity index (χ1) is 18.5. The smallest absolute Gasteiger partial charge is 0.240 e. The molecule has 2 saturated heterocycles. The van der Waals surface area contributed by atoms with Crippen molar-refractivity contribution in [1.29, 1.82) is 0 Å². The number of ketones is 1. The highest BCUT2D eigenvalue weighted by atomic mass is 79.9. The van der Waals surface area contributed by atoms with Crippen molar-refractivity contribution in [2.24, 2.45) is 11.8 Å². The number of rotatable bonds is 4. The molecule has 9 heteroatoms. The zero-order valence-electron chi connectivity index (χ0n) is 20.2. The van der Waals surface area contributed by atoms with Crippen molar-refractivity contribution in [2.75, 3.05) is 23.7 Å². The number of hydrogen-bond donors (Lipinski definition) is 0. The number of carbonyl (C=O) groups excluding carboxylic acids is 3. The summed E-state index contributed by atoms with van der Waals surface area (Å²) in [5.74, 6) is -0.904. The molecule has 0 saturated carbocycles. The normalized spacial score (nSPS) is 24.4. The van der Waals surface area contributed by atoms with Gasteiger partial charge in [0.25, 0.3) is 0 Å². The Labute approximate surface area is 226 Å². The predicted molar refractivity (Wildman–Crippen MR) is 143 cm³/mol. The van der Waals surface area contributed by atoms with Crippen LogP contribution in [0.15, 0.2) is 71.2 Å². The number of hydrogen-bond acceptors (Lipinski definition) is 7. The first kappa shape index (κ1) is 23.0. The first-order valence-electron chi connectivity index (χ1n) is 12.2. The highest BCUT2D eigenvalue weighted by Crippen LogP contribution is 2.50. The monoisotopic (exact) mass is 572 g/mol. The molecule has 0 aliphatic carbocycles. The molecule has 0 bridgehead atoms. The molecule has 0 N–H and O–H groups in total. The quantitative estimate of drug-likeness (QED) is 0.337. The summed E-state index contributed by atoms with van der Waals surface area (Å²) in [7, 11) is 1.55. The average molecular weight is 573 g/mol. The van der Waals surface area contributed by atoms with Crippen molar-refractivity contribution in [3.8, 4) is 17.2 Å². The third-order valence-corrected chi connectivity index (χ3v) is 8.35. The lowest BCUT2D eigenvalue weighted by atomic mass is 9.86. The van der Waals surface area contributed by atoms with Gasteiger partial charge in [-0.1, -0.05) is 30.4 Å². The van der Waals surface area contributed by atoms with Crippen LogP contribution >= 0.6 is 15.9 Å². The standard InChI is InChI=1S/C29H21BrN2O6/c1-36-21-10-7-16(12-18(21)30)27(33)26-25-24(20-9-6-15-4-2-3-5-19(15)32(20)26)28(34)31(29(25)35)17-8-11-22-23(13-17)38-14-37-22/h2-13,20,24-26H,14H2,1H3/t20-,24-,25-,26+/m1/s1. The highest BCUT2D eigenvalue weighted by molar-refractivity contribution is 9.10. The summed E-state index contributed by atoms with van der Waals surface area (Å²) in [6.07, 6.45) is 3.90. The molecule has 0 aromatic heterocycles. The van der Waals surface area contributed by atoms with E-state index in [2.05, 4.69) is 15.9 Å². The number of anilines is 2. The molecule has 0 spiro atoms. The predicted octanol–water partition coefficient (Wildman–Crippen LogP) is 4.46. The van der Waals surface area contributed by atoms with Gasteiger partial charge in [-0.15, -0.1) is 0 Å². The van der Waals surface area contributed by atoms with Gasteiger partial charge in [-0.05, 0) is 57.9 Å². The third-order valence-electron chi connectivity index (χ3n) is 7.73. The number of methoxy groups -OCH3 is 1. The number of imide groups is 1. The molecule has 3 aromatic rings. The maximum atomic E-state index is 14.2. The van der Waals surface area contributed by atoms with Crippen molar-refractivity contribution in [2.45, 2.75) is 12.1 Å². The summed E-state index contributed by atoms with van der Waals surface area (Å²) in [5, 5.41) is 0. The van der Waals surface area contributed by atoms with Gasteiger partial charge in [-0.25, -0.2) is 4.90 Å². The van der Waals surface area contributed by atoms with Crippen LogP contribution in [-0.2, 0) is 9.59 Å². The van der Waals surface area contributed by atoms with Crippen molar-refractivity contribution >= 4 is 51.0 Å². The number of Topliss-reactive ketones (excluding diaryl/α,β-unsaturated/α-hetero) is 1. The summed E-state index contributed by atoms with van der Waals surface area (Å²) in [6.45, 7) is 0.0845. The van der Waals surface area contributed by atoms with E-state index in [0.29, 0.717) is 33.0 Å². The number of ether oxygens (including phenoxy) is 3. The summed E-state index contributed by atoms with van der Waals surface area (Å²) in [4.78, 5) is 45.4. The van der Waals surface area contributed by atoms with Crippen LogP contribution in [-0.4, -0.2) is 43.6 Å². The maximum Gasteiger partial charge on any atom is 0.240 e. The fraction of sp³-hybridized carbons (Fsp3) is 0.207. The van der Waals surface area contributed by atoms with Gasteiger partial charge in [-0.3, -0.25) is 14.4 Å². The van der Waals surface area contributed by atoms with E-state index in [1.807, 2.05) is 41.3 Å². The molecule has 190 valence electrons. The van der Waals surface area contributed by atoms with E-state index in [9.17, 15) is 14.4 Å². The average Bonchev–Trinajstić information content (AvgIpc) is 3.61. The van der Waals surface area contributed by atoms with Gasteiger partial charge in [0.1, 0.15) is 11.8 Å². The van der Waals surface area contributed by atoms with Gasteiger partial charge in [0.15, 0.2) is 17.3 Å². The van der Waals surface area contributed by atoms with Crippen LogP contribution < -0.4 is 24.0 Å². The van der Waals surface area contributed by atoms with Gasteiger partial charge >= 0.3 is 0 Å².